The average Bonchev–Trinajstić information content (AvgIpc) is 3.16. The van der Waals surface area contributed by atoms with Crippen LogP contribution >= 0.6 is 0 Å². The van der Waals surface area contributed by atoms with Gasteiger partial charge >= 0.3 is 5.97 Å². The molecule has 0 fully saturated rings. The minimum absolute atomic E-state index is 0.146. The van der Waals surface area contributed by atoms with E-state index < -0.39 is 5.97 Å². The van der Waals surface area contributed by atoms with E-state index in [0.29, 0.717) is 11.5 Å². The summed E-state index contributed by atoms with van der Waals surface area (Å²) in [6, 6.07) is 20.4. The van der Waals surface area contributed by atoms with E-state index in [2.05, 4.69) is 15.3 Å². The third kappa shape index (κ3) is 4.51. The van der Waals surface area contributed by atoms with E-state index in [1.54, 1.807) is 18.3 Å². The first-order chi connectivity index (χ1) is 12.8. The molecule has 0 amide bonds. The van der Waals surface area contributed by atoms with Crippen LogP contribution in [0.25, 0.3) is 0 Å². The van der Waals surface area contributed by atoms with Crippen molar-refractivity contribution in [2.75, 3.05) is 12.5 Å². The predicted molar refractivity (Wildman–Crippen MR) is 98.5 cm³/mol. The summed E-state index contributed by atoms with van der Waals surface area (Å²) in [6.45, 7) is 0.188. The fourth-order valence-corrected chi connectivity index (χ4v) is 2.22. The van der Waals surface area contributed by atoms with Gasteiger partial charge < -0.3 is 13.9 Å². The first kappa shape index (κ1) is 17.3. The lowest BCUT2D eigenvalue weighted by Crippen LogP contribution is -2.00. The summed E-state index contributed by atoms with van der Waals surface area (Å²) in [4.78, 5) is 11.4. The number of methoxy groups -OCH3 is 1. The van der Waals surface area contributed by atoms with Gasteiger partial charge in [-0.15, -0.1) is 0 Å². The summed E-state index contributed by atoms with van der Waals surface area (Å²) in [5.74, 6) is 0.811. The van der Waals surface area contributed by atoms with Gasteiger partial charge in [0.1, 0.15) is 18.1 Å². The molecule has 0 spiro atoms. The van der Waals surface area contributed by atoms with Gasteiger partial charge in [0.2, 0.25) is 5.76 Å². The van der Waals surface area contributed by atoms with Crippen molar-refractivity contribution < 1.29 is 18.7 Å². The molecule has 2 aromatic carbocycles. The van der Waals surface area contributed by atoms with Gasteiger partial charge in [0, 0.05) is 5.56 Å². The van der Waals surface area contributed by atoms with Gasteiger partial charge in [-0.25, -0.2) is 4.79 Å². The number of hydrogen-bond acceptors (Lipinski definition) is 6. The van der Waals surface area contributed by atoms with Crippen LogP contribution in [0.5, 0.6) is 5.75 Å². The van der Waals surface area contributed by atoms with Crippen LogP contribution in [-0.2, 0) is 11.3 Å². The zero-order chi connectivity index (χ0) is 18.2. The molecule has 0 aliphatic rings. The third-order valence-corrected chi connectivity index (χ3v) is 3.51. The maximum atomic E-state index is 11.4. The molecule has 6 heteroatoms. The lowest BCUT2D eigenvalue weighted by molar-refractivity contribution is 0.0561. The highest BCUT2D eigenvalue weighted by atomic mass is 16.5. The molecule has 0 saturated heterocycles. The van der Waals surface area contributed by atoms with E-state index >= 15 is 0 Å². The number of esters is 1. The smallest absolute Gasteiger partial charge is 0.373 e. The first-order valence-electron chi connectivity index (χ1n) is 7.99. The Balaban J connectivity index is 1.63. The Bertz CT molecular complexity index is 888. The lowest BCUT2D eigenvalue weighted by atomic mass is 10.2. The van der Waals surface area contributed by atoms with Crippen LogP contribution in [0.3, 0.4) is 0 Å². The van der Waals surface area contributed by atoms with Crippen LogP contribution in [0.2, 0.25) is 0 Å². The monoisotopic (exact) mass is 350 g/mol. The molecule has 0 saturated carbocycles. The van der Waals surface area contributed by atoms with E-state index in [1.807, 2.05) is 54.6 Å². The Labute approximate surface area is 151 Å². The highest BCUT2D eigenvalue weighted by Crippen LogP contribution is 2.19. The molecule has 26 heavy (non-hydrogen) atoms. The molecule has 0 atom stereocenters. The van der Waals surface area contributed by atoms with Crippen LogP contribution < -0.4 is 10.2 Å². The number of nitrogens with zero attached hydrogens (tertiary/aromatic N) is 1. The van der Waals surface area contributed by atoms with E-state index in [9.17, 15) is 4.79 Å². The fraction of sp³-hybridized carbons (Fsp3) is 0.100. The van der Waals surface area contributed by atoms with Crippen molar-refractivity contribution in [2.24, 2.45) is 5.10 Å². The number of carbonyl (C=O) groups excluding carboxylic acids is 1. The van der Waals surface area contributed by atoms with Crippen LogP contribution in [0.4, 0.5) is 5.69 Å². The zero-order valence-electron chi connectivity index (χ0n) is 14.2. The van der Waals surface area contributed by atoms with Crippen LogP contribution in [0.15, 0.2) is 76.2 Å². The number of furan rings is 1. The van der Waals surface area contributed by atoms with E-state index in [1.165, 1.54) is 7.11 Å². The topological polar surface area (TPSA) is 73.1 Å². The van der Waals surface area contributed by atoms with Gasteiger partial charge in [-0.1, -0.05) is 30.3 Å². The summed E-state index contributed by atoms with van der Waals surface area (Å²) in [6.07, 6.45) is 1.68. The third-order valence-electron chi connectivity index (χ3n) is 3.51. The molecule has 0 aliphatic carbocycles. The number of para-hydroxylation sites is 2. The van der Waals surface area contributed by atoms with Crippen molar-refractivity contribution in [3.8, 4) is 5.75 Å². The summed E-state index contributed by atoms with van der Waals surface area (Å²) in [7, 11) is 1.31. The highest BCUT2D eigenvalue weighted by Gasteiger charge is 2.11. The second kappa shape index (κ2) is 8.53. The maximum absolute atomic E-state index is 11.4. The molecule has 1 aromatic heterocycles. The Morgan fingerprint density at radius 1 is 1.08 bits per heavy atom. The Morgan fingerprint density at radius 2 is 1.85 bits per heavy atom. The van der Waals surface area contributed by atoms with Gasteiger partial charge in [0.15, 0.2) is 0 Å². The molecule has 132 valence electrons. The lowest BCUT2D eigenvalue weighted by Gasteiger charge is -2.07. The zero-order valence-corrected chi connectivity index (χ0v) is 14.2. The number of rotatable bonds is 7. The number of benzene rings is 2. The highest BCUT2D eigenvalue weighted by molar-refractivity contribution is 5.86. The molecule has 0 unspecified atom stereocenters. The molecular formula is C20H18N2O4. The van der Waals surface area contributed by atoms with Crippen LogP contribution in [0.1, 0.15) is 21.9 Å². The number of hydrogen-bond donors (Lipinski definition) is 1. The minimum Gasteiger partial charge on any atom is -0.485 e. The van der Waals surface area contributed by atoms with Crippen molar-refractivity contribution in [3.05, 3.63) is 83.8 Å². The van der Waals surface area contributed by atoms with Gasteiger partial charge in [0.05, 0.1) is 19.0 Å². The number of nitrogens with one attached hydrogen (secondary N) is 1. The average molecular weight is 350 g/mol. The second-order valence-corrected chi connectivity index (χ2v) is 5.32. The number of carbonyl (C=O) groups is 1. The molecule has 6 nitrogen and oxygen atoms in total. The number of anilines is 1. The van der Waals surface area contributed by atoms with Crippen molar-refractivity contribution in [1.82, 2.24) is 0 Å². The van der Waals surface area contributed by atoms with Crippen molar-refractivity contribution in [2.45, 2.75) is 6.61 Å². The quantitative estimate of drug-likeness (QED) is 0.395. The SMILES string of the molecule is COC(=O)c1ccc(COc2ccccc2C=NNc2ccccc2)o1. The summed E-state index contributed by atoms with van der Waals surface area (Å²) < 4.78 is 15.8. The molecular weight excluding hydrogens is 332 g/mol. The van der Waals surface area contributed by atoms with Crippen molar-refractivity contribution >= 4 is 17.9 Å². The Morgan fingerprint density at radius 3 is 2.65 bits per heavy atom. The Hall–Kier alpha value is -3.54. The second-order valence-electron chi connectivity index (χ2n) is 5.32. The molecule has 0 radical (unpaired) electrons. The normalized spacial score (nSPS) is 10.7. The Kier molecular flexibility index (Phi) is 5.67. The number of ether oxygens (including phenoxy) is 2. The van der Waals surface area contributed by atoms with Gasteiger partial charge in [-0.3, -0.25) is 5.43 Å². The minimum atomic E-state index is -0.518. The van der Waals surface area contributed by atoms with Gasteiger partial charge in [-0.2, -0.15) is 5.10 Å². The molecule has 3 rings (SSSR count). The maximum Gasteiger partial charge on any atom is 0.373 e. The van der Waals surface area contributed by atoms with Crippen molar-refractivity contribution in [3.63, 3.8) is 0 Å². The van der Waals surface area contributed by atoms with Gasteiger partial charge in [0.25, 0.3) is 0 Å². The van der Waals surface area contributed by atoms with Crippen LogP contribution in [-0.4, -0.2) is 19.3 Å². The number of hydrazone groups is 1. The standard InChI is InChI=1S/C20H18N2O4/c1-24-20(23)19-12-11-17(26-19)14-25-18-10-6-5-7-15(18)13-21-22-16-8-3-2-4-9-16/h2-13,22H,14H2,1H3. The summed E-state index contributed by atoms with van der Waals surface area (Å²) in [5, 5.41) is 4.23. The largest absolute Gasteiger partial charge is 0.485 e. The summed E-state index contributed by atoms with van der Waals surface area (Å²) >= 11 is 0. The van der Waals surface area contributed by atoms with E-state index in [-0.39, 0.29) is 12.4 Å². The summed E-state index contributed by atoms with van der Waals surface area (Å²) in [5.41, 5.74) is 4.67. The fourth-order valence-electron chi connectivity index (χ4n) is 2.22. The van der Waals surface area contributed by atoms with E-state index in [4.69, 9.17) is 9.15 Å². The molecule has 0 bridgehead atoms. The first-order valence-corrected chi connectivity index (χ1v) is 7.99. The molecule has 0 aliphatic heterocycles. The van der Waals surface area contributed by atoms with Crippen molar-refractivity contribution in [1.29, 1.82) is 0 Å². The molecule has 3 aromatic rings. The molecule has 1 heterocycles. The molecule has 1 N–H and O–H groups in total. The van der Waals surface area contributed by atoms with Gasteiger partial charge in [-0.05, 0) is 36.4 Å². The van der Waals surface area contributed by atoms with Crippen LogP contribution in [0, 0.1) is 0 Å². The van der Waals surface area contributed by atoms with E-state index in [0.717, 1.165) is 11.3 Å². The predicted octanol–water partition coefficient (Wildman–Crippen LogP) is 4.09.